The number of ether oxygens (including phenoxy) is 3. The second-order valence-corrected chi connectivity index (χ2v) is 13.2. The fourth-order valence-corrected chi connectivity index (χ4v) is 6.97. The van der Waals surface area contributed by atoms with Gasteiger partial charge in [0.25, 0.3) is 0 Å². The minimum atomic E-state index is -4.79. The van der Waals surface area contributed by atoms with Gasteiger partial charge in [0.2, 0.25) is 23.6 Å². The molecule has 0 aliphatic carbocycles. The summed E-state index contributed by atoms with van der Waals surface area (Å²) in [6.07, 6.45) is -2.57. The molecule has 0 spiro atoms. The standard InChI is InChI=1S/C35H42F3N7O9/c36-35(37,38)54-23-3-1-21(2-4-23)40-34(50)41-22-9-13-43(14-10-22)15-11-27(46)39-12-17-52-19-20-53-18-16-44-30-24(25-7-8-28(47)42-31(25)48)5-6-26-29(30)33(49)45(51)32(26)44/h1-6,22,25,49,51H,7-20H2,(H,39,46)(H2,40,41,50)(H,42,47,48). The van der Waals surface area contributed by atoms with E-state index in [0.29, 0.717) is 103 Å². The summed E-state index contributed by atoms with van der Waals surface area (Å²) in [5, 5.41) is 32.7. The minimum Gasteiger partial charge on any atom is -0.492 e. The molecule has 6 N–H and O–H groups in total. The number of aromatic nitrogens is 2. The van der Waals surface area contributed by atoms with E-state index >= 15 is 0 Å². The molecule has 1 atom stereocenters. The van der Waals surface area contributed by atoms with Crippen molar-refractivity contribution in [3.8, 4) is 11.6 Å². The van der Waals surface area contributed by atoms with Gasteiger partial charge in [0, 0.05) is 62.7 Å². The number of aromatic hydroxyl groups is 1. The number of nitrogens with zero attached hydrogens (tertiary/aromatic N) is 3. The van der Waals surface area contributed by atoms with Crippen LogP contribution in [0, 0.1) is 0 Å². The summed E-state index contributed by atoms with van der Waals surface area (Å²) < 4.78 is 54.6. The van der Waals surface area contributed by atoms with Gasteiger partial charge in [-0.15, -0.1) is 17.9 Å². The van der Waals surface area contributed by atoms with Crippen LogP contribution in [-0.4, -0.2) is 113 Å². The van der Waals surface area contributed by atoms with Crippen molar-refractivity contribution in [1.82, 2.24) is 30.1 Å². The van der Waals surface area contributed by atoms with Gasteiger partial charge in [-0.25, -0.2) is 4.79 Å². The van der Waals surface area contributed by atoms with E-state index in [9.17, 15) is 42.7 Å². The third-order valence-electron chi connectivity index (χ3n) is 9.54. The van der Waals surface area contributed by atoms with Crippen LogP contribution in [0.25, 0.3) is 21.9 Å². The second kappa shape index (κ2) is 16.8. The smallest absolute Gasteiger partial charge is 0.492 e. The zero-order valence-electron chi connectivity index (χ0n) is 29.2. The van der Waals surface area contributed by atoms with Crippen LogP contribution in [0.1, 0.15) is 43.6 Å². The number of halogens is 3. The molecule has 4 aromatic rings. The highest BCUT2D eigenvalue weighted by molar-refractivity contribution is 6.15. The van der Waals surface area contributed by atoms with Crippen molar-refractivity contribution in [3.05, 3.63) is 42.0 Å². The van der Waals surface area contributed by atoms with E-state index < -0.39 is 24.2 Å². The number of amides is 5. The lowest BCUT2D eigenvalue weighted by molar-refractivity contribution is -0.274. The average Bonchev–Trinajstić information content (AvgIpc) is 3.50. The normalized spacial score (nSPS) is 17.3. The lowest BCUT2D eigenvalue weighted by Gasteiger charge is -2.32. The minimum absolute atomic E-state index is 0.0810. The molecule has 19 heteroatoms. The summed E-state index contributed by atoms with van der Waals surface area (Å²) in [6.45, 7) is 3.72. The second-order valence-electron chi connectivity index (χ2n) is 13.2. The highest BCUT2D eigenvalue weighted by Gasteiger charge is 2.34. The predicted octanol–water partition coefficient (Wildman–Crippen LogP) is 3.22. The first-order valence-corrected chi connectivity index (χ1v) is 17.7. The number of alkyl halides is 3. The Balaban J connectivity index is 0.819. The molecule has 2 aliphatic rings. The summed E-state index contributed by atoms with van der Waals surface area (Å²) in [6, 6.07) is 7.86. The molecule has 4 heterocycles. The number of anilines is 1. The van der Waals surface area contributed by atoms with Crippen LogP contribution < -0.4 is 26.0 Å². The Morgan fingerprint density at radius 3 is 2.37 bits per heavy atom. The van der Waals surface area contributed by atoms with Crippen molar-refractivity contribution >= 4 is 51.4 Å². The molecule has 5 amide bonds. The number of likely N-dealkylation sites (tertiary alicyclic amines) is 1. The van der Waals surface area contributed by atoms with Crippen molar-refractivity contribution in [3.63, 3.8) is 0 Å². The SMILES string of the molecule is O=C(CCN1CCC(NC(=O)Nc2ccc(OC(F)(F)F)cc2)CC1)NCCOCCOCCn1c2c(C3CCC(=O)NC3=O)ccc3c2c(O)n(O)c31. The zero-order valence-corrected chi connectivity index (χ0v) is 29.2. The molecule has 16 nitrogen and oxygen atoms in total. The van der Waals surface area contributed by atoms with E-state index in [4.69, 9.17) is 9.47 Å². The monoisotopic (exact) mass is 761 g/mol. The Morgan fingerprint density at radius 2 is 1.67 bits per heavy atom. The van der Waals surface area contributed by atoms with Crippen LogP contribution in [0.4, 0.5) is 23.7 Å². The number of rotatable bonds is 16. The first kappa shape index (κ1) is 38.5. The molecular weight excluding hydrogens is 719 g/mol. The molecule has 54 heavy (non-hydrogen) atoms. The maximum atomic E-state index is 12.6. The first-order valence-electron chi connectivity index (χ1n) is 17.7. The molecule has 2 aliphatic heterocycles. The van der Waals surface area contributed by atoms with E-state index in [0.717, 1.165) is 12.1 Å². The van der Waals surface area contributed by atoms with Crippen LogP contribution in [0.2, 0.25) is 0 Å². The molecule has 0 radical (unpaired) electrons. The number of piperidine rings is 2. The highest BCUT2D eigenvalue weighted by Crippen LogP contribution is 2.44. The number of urea groups is 1. The number of carbonyl (C=O) groups excluding carboxylic acids is 4. The Labute approximate surface area is 306 Å². The zero-order chi connectivity index (χ0) is 38.4. The third kappa shape index (κ3) is 9.26. The fraction of sp³-hybridized carbons (Fsp3) is 0.486. The number of nitrogens with one attached hydrogen (secondary N) is 4. The molecule has 4 bridgehead atoms. The summed E-state index contributed by atoms with van der Waals surface area (Å²) in [5.74, 6) is -2.08. The topological polar surface area (TPSA) is 198 Å². The summed E-state index contributed by atoms with van der Waals surface area (Å²) >= 11 is 0. The van der Waals surface area contributed by atoms with Crippen LogP contribution in [0.5, 0.6) is 11.6 Å². The van der Waals surface area contributed by atoms with Gasteiger partial charge < -0.3 is 49.9 Å². The van der Waals surface area contributed by atoms with Crippen LogP contribution in [0.3, 0.4) is 0 Å². The Hall–Kier alpha value is -5.27. The number of benzene rings is 2. The van der Waals surface area contributed by atoms with Crippen LogP contribution in [0.15, 0.2) is 36.4 Å². The lowest BCUT2D eigenvalue weighted by Crippen LogP contribution is -2.46. The number of imide groups is 1. The molecule has 0 saturated carbocycles. The van der Waals surface area contributed by atoms with Crippen molar-refractivity contribution in [2.75, 3.05) is 57.9 Å². The number of hydrogen-bond acceptors (Lipinski definition) is 10. The van der Waals surface area contributed by atoms with Crippen molar-refractivity contribution in [2.24, 2.45) is 0 Å². The van der Waals surface area contributed by atoms with Gasteiger partial charge in [0.1, 0.15) is 5.75 Å². The van der Waals surface area contributed by atoms with E-state index in [1.54, 1.807) is 16.7 Å². The van der Waals surface area contributed by atoms with Gasteiger partial charge in [0.05, 0.1) is 43.2 Å². The molecular formula is C35H42F3N7O9. The van der Waals surface area contributed by atoms with Crippen molar-refractivity contribution in [2.45, 2.75) is 57.0 Å². The average molecular weight is 762 g/mol. The van der Waals surface area contributed by atoms with Gasteiger partial charge in [0.15, 0.2) is 5.65 Å². The summed E-state index contributed by atoms with van der Waals surface area (Å²) in [5.41, 5.74) is 1.98. The Morgan fingerprint density at radius 1 is 0.944 bits per heavy atom. The van der Waals surface area contributed by atoms with E-state index in [-0.39, 0.29) is 55.7 Å². The molecule has 2 aromatic carbocycles. The molecule has 2 aromatic heterocycles. The van der Waals surface area contributed by atoms with Crippen molar-refractivity contribution < 1.29 is 56.9 Å². The number of hydrogen-bond donors (Lipinski definition) is 6. The van der Waals surface area contributed by atoms with Crippen LogP contribution in [-0.2, 0) is 30.4 Å². The molecule has 2 saturated heterocycles. The Kier molecular flexibility index (Phi) is 12.0. The van der Waals surface area contributed by atoms with Gasteiger partial charge in [-0.1, -0.05) is 6.07 Å². The van der Waals surface area contributed by atoms with E-state index in [1.165, 1.54) is 12.1 Å². The summed E-state index contributed by atoms with van der Waals surface area (Å²) in [4.78, 5) is 51.1. The first-order chi connectivity index (χ1) is 25.9. The van der Waals surface area contributed by atoms with Gasteiger partial charge >= 0.3 is 12.4 Å². The summed E-state index contributed by atoms with van der Waals surface area (Å²) in [7, 11) is 0. The molecule has 1 unspecified atom stereocenters. The third-order valence-corrected chi connectivity index (χ3v) is 9.54. The maximum absolute atomic E-state index is 12.6. The Bertz CT molecular complexity index is 1940. The largest absolute Gasteiger partial charge is 0.573 e. The molecule has 292 valence electrons. The predicted molar refractivity (Wildman–Crippen MR) is 187 cm³/mol. The number of carbonyl (C=O) groups is 4. The van der Waals surface area contributed by atoms with E-state index in [1.807, 2.05) is 0 Å². The highest BCUT2D eigenvalue weighted by atomic mass is 19.4. The fourth-order valence-electron chi connectivity index (χ4n) is 6.97. The van der Waals surface area contributed by atoms with Crippen molar-refractivity contribution in [1.29, 1.82) is 0 Å². The van der Waals surface area contributed by atoms with Gasteiger partial charge in [-0.05, 0) is 55.2 Å². The van der Waals surface area contributed by atoms with E-state index in [2.05, 4.69) is 30.9 Å². The molecule has 2 fully saturated rings. The van der Waals surface area contributed by atoms with Gasteiger partial charge in [-0.3, -0.25) is 19.7 Å². The van der Waals surface area contributed by atoms with Crippen LogP contribution >= 0.6 is 0 Å². The van der Waals surface area contributed by atoms with Gasteiger partial charge in [-0.2, -0.15) is 0 Å². The molecule has 6 rings (SSSR count). The maximum Gasteiger partial charge on any atom is 0.573 e. The lowest BCUT2D eigenvalue weighted by atomic mass is 9.89. The quantitative estimate of drug-likeness (QED) is 0.0561.